The van der Waals surface area contributed by atoms with Crippen molar-refractivity contribution in [1.29, 1.82) is 0 Å². The van der Waals surface area contributed by atoms with E-state index in [0.717, 1.165) is 6.42 Å². The highest BCUT2D eigenvalue weighted by molar-refractivity contribution is 5.23. The van der Waals surface area contributed by atoms with Gasteiger partial charge in [0.25, 0.3) is 0 Å². The van der Waals surface area contributed by atoms with Gasteiger partial charge in [0.1, 0.15) is 5.83 Å². The number of hydrogen-bond donors (Lipinski definition) is 0. The SMILES string of the molecule is [CH2]CC1C=CC(F)=CC1(C)C. The summed E-state index contributed by atoms with van der Waals surface area (Å²) in [4.78, 5) is 0. The highest BCUT2D eigenvalue weighted by Gasteiger charge is 2.26. The van der Waals surface area contributed by atoms with Gasteiger partial charge in [-0.15, -0.1) is 0 Å². The zero-order valence-electron chi connectivity index (χ0n) is 7.10. The van der Waals surface area contributed by atoms with Crippen LogP contribution in [0.4, 0.5) is 4.39 Å². The number of allylic oxidation sites excluding steroid dienone is 4. The molecule has 0 nitrogen and oxygen atoms in total. The first-order valence-corrected chi connectivity index (χ1v) is 3.92. The Kier molecular flexibility index (Phi) is 2.17. The summed E-state index contributed by atoms with van der Waals surface area (Å²) in [5.74, 6) is 0.252. The first-order valence-electron chi connectivity index (χ1n) is 3.92. The Morgan fingerprint density at radius 1 is 1.64 bits per heavy atom. The smallest absolute Gasteiger partial charge is 0.119 e. The zero-order chi connectivity index (χ0) is 8.48. The molecule has 61 valence electrons. The standard InChI is InChI=1S/C10H14F/c1-4-8-5-6-9(11)7-10(8,2)3/h5-8H,1,4H2,2-3H3. The van der Waals surface area contributed by atoms with Gasteiger partial charge in [-0.1, -0.05) is 26.8 Å². The van der Waals surface area contributed by atoms with Gasteiger partial charge >= 0.3 is 0 Å². The van der Waals surface area contributed by atoms with Crippen LogP contribution in [0.2, 0.25) is 0 Å². The molecule has 0 aromatic carbocycles. The van der Waals surface area contributed by atoms with E-state index < -0.39 is 0 Å². The molecule has 1 aliphatic carbocycles. The van der Waals surface area contributed by atoms with Crippen LogP contribution in [0.25, 0.3) is 0 Å². The Bertz CT molecular complexity index is 199. The zero-order valence-corrected chi connectivity index (χ0v) is 7.10. The Labute approximate surface area is 67.8 Å². The molecule has 0 aliphatic heterocycles. The fourth-order valence-corrected chi connectivity index (χ4v) is 1.43. The lowest BCUT2D eigenvalue weighted by atomic mass is 9.74. The third kappa shape index (κ3) is 1.70. The minimum absolute atomic E-state index is 0.0689. The molecule has 1 unspecified atom stereocenters. The number of halogens is 1. The molecule has 0 bridgehead atoms. The van der Waals surface area contributed by atoms with Gasteiger partial charge in [-0.2, -0.15) is 0 Å². The van der Waals surface area contributed by atoms with Crippen molar-refractivity contribution in [3.8, 4) is 0 Å². The molecule has 11 heavy (non-hydrogen) atoms. The predicted octanol–water partition coefficient (Wildman–Crippen LogP) is 3.28. The fourth-order valence-electron chi connectivity index (χ4n) is 1.43. The van der Waals surface area contributed by atoms with E-state index in [1.165, 1.54) is 6.08 Å². The Morgan fingerprint density at radius 2 is 2.27 bits per heavy atom. The highest BCUT2D eigenvalue weighted by atomic mass is 19.1. The van der Waals surface area contributed by atoms with Crippen LogP contribution < -0.4 is 0 Å². The fraction of sp³-hybridized carbons (Fsp3) is 0.500. The topological polar surface area (TPSA) is 0 Å². The molecule has 1 aliphatic rings. The van der Waals surface area contributed by atoms with Crippen LogP contribution in [0, 0.1) is 18.3 Å². The van der Waals surface area contributed by atoms with E-state index in [1.807, 2.05) is 19.9 Å². The second-order valence-electron chi connectivity index (χ2n) is 3.60. The maximum absolute atomic E-state index is 12.7. The van der Waals surface area contributed by atoms with Crippen molar-refractivity contribution >= 4 is 0 Å². The van der Waals surface area contributed by atoms with E-state index in [4.69, 9.17) is 0 Å². The largest absolute Gasteiger partial charge is 0.207 e. The summed E-state index contributed by atoms with van der Waals surface area (Å²) in [5.41, 5.74) is -0.0689. The Balaban J connectivity index is 2.84. The first kappa shape index (κ1) is 8.51. The third-order valence-electron chi connectivity index (χ3n) is 2.26. The predicted molar refractivity (Wildman–Crippen MR) is 45.6 cm³/mol. The normalized spacial score (nSPS) is 28.4. The van der Waals surface area contributed by atoms with E-state index in [-0.39, 0.29) is 11.2 Å². The van der Waals surface area contributed by atoms with E-state index in [1.54, 1.807) is 6.08 Å². The van der Waals surface area contributed by atoms with Crippen LogP contribution in [0.5, 0.6) is 0 Å². The molecular formula is C10H14F. The Hall–Kier alpha value is -0.590. The van der Waals surface area contributed by atoms with Crippen molar-refractivity contribution < 1.29 is 4.39 Å². The van der Waals surface area contributed by atoms with Crippen LogP contribution in [0.3, 0.4) is 0 Å². The summed E-state index contributed by atoms with van der Waals surface area (Å²) in [6.07, 6.45) is 5.93. The second kappa shape index (κ2) is 2.80. The molecule has 0 spiro atoms. The first-order chi connectivity index (χ1) is 5.06. The molecule has 1 radical (unpaired) electrons. The highest BCUT2D eigenvalue weighted by Crippen LogP contribution is 2.36. The van der Waals surface area contributed by atoms with Crippen LogP contribution >= 0.6 is 0 Å². The van der Waals surface area contributed by atoms with Gasteiger partial charge in [0, 0.05) is 0 Å². The van der Waals surface area contributed by atoms with Crippen molar-refractivity contribution in [2.24, 2.45) is 11.3 Å². The molecular weight excluding hydrogens is 139 g/mol. The third-order valence-corrected chi connectivity index (χ3v) is 2.26. The molecule has 0 heterocycles. The van der Waals surface area contributed by atoms with E-state index in [2.05, 4.69) is 6.92 Å². The van der Waals surface area contributed by atoms with Crippen molar-refractivity contribution in [3.05, 3.63) is 31.0 Å². The average molecular weight is 153 g/mol. The minimum Gasteiger partial charge on any atom is -0.207 e. The second-order valence-corrected chi connectivity index (χ2v) is 3.60. The van der Waals surface area contributed by atoms with Crippen molar-refractivity contribution in [2.45, 2.75) is 20.3 Å². The van der Waals surface area contributed by atoms with Gasteiger partial charge in [-0.3, -0.25) is 0 Å². The van der Waals surface area contributed by atoms with Gasteiger partial charge < -0.3 is 0 Å². The van der Waals surface area contributed by atoms with Gasteiger partial charge in [0.2, 0.25) is 0 Å². The minimum atomic E-state index is -0.125. The summed E-state index contributed by atoms with van der Waals surface area (Å²) in [5, 5.41) is 0. The van der Waals surface area contributed by atoms with Gasteiger partial charge in [0.15, 0.2) is 0 Å². The monoisotopic (exact) mass is 153 g/mol. The van der Waals surface area contributed by atoms with Crippen molar-refractivity contribution in [1.82, 2.24) is 0 Å². The molecule has 1 rings (SSSR count). The molecule has 0 aromatic heterocycles. The molecule has 0 N–H and O–H groups in total. The maximum atomic E-state index is 12.7. The lowest BCUT2D eigenvalue weighted by Crippen LogP contribution is -2.21. The molecule has 0 amide bonds. The molecule has 1 atom stereocenters. The molecule has 0 saturated heterocycles. The van der Waals surface area contributed by atoms with Crippen LogP contribution in [-0.2, 0) is 0 Å². The molecule has 0 saturated carbocycles. The van der Waals surface area contributed by atoms with Crippen LogP contribution in [0.1, 0.15) is 20.3 Å². The number of hydrogen-bond acceptors (Lipinski definition) is 0. The van der Waals surface area contributed by atoms with Gasteiger partial charge in [-0.05, 0) is 29.9 Å². The summed E-state index contributed by atoms with van der Waals surface area (Å²) < 4.78 is 12.7. The lowest BCUT2D eigenvalue weighted by Gasteiger charge is -2.30. The maximum Gasteiger partial charge on any atom is 0.119 e. The summed E-state index contributed by atoms with van der Waals surface area (Å²) in [7, 11) is 0. The van der Waals surface area contributed by atoms with Crippen LogP contribution in [-0.4, -0.2) is 0 Å². The number of rotatable bonds is 1. The summed E-state index contributed by atoms with van der Waals surface area (Å²) >= 11 is 0. The summed E-state index contributed by atoms with van der Waals surface area (Å²) in [6.45, 7) is 7.89. The average Bonchev–Trinajstić information content (AvgIpc) is 1.85. The molecule has 0 fully saturated rings. The van der Waals surface area contributed by atoms with Gasteiger partial charge in [0.05, 0.1) is 0 Å². The van der Waals surface area contributed by atoms with Gasteiger partial charge in [-0.25, -0.2) is 4.39 Å². The molecule has 0 aromatic rings. The van der Waals surface area contributed by atoms with E-state index in [0.29, 0.717) is 5.92 Å². The van der Waals surface area contributed by atoms with Crippen LogP contribution in [0.15, 0.2) is 24.1 Å². The van der Waals surface area contributed by atoms with E-state index in [9.17, 15) is 4.39 Å². The van der Waals surface area contributed by atoms with Crippen molar-refractivity contribution in [3.63, 3.8) is 0 Å². The molecule has 1 heteroatoms. The quantitative estimate of drug-likeness (QED) is 0.542. The van der Waals surface area contributed by atoms with Crippen molar-refractivity contribution in [2.75, 3.05) is 0 Å². The summed E-state index contributed by atoms with van der Waals surface area (Å²) in [6, 6.07) is 0. The lowest BCUT2D eigenvalue weighted by molar-refractivity contribution is 0.330. The Morgan fingerprint density at radius 3 is 2.73 bits per heavy atom. The van der Waals surface area contributed by atoms with E-state index >= 15 is 0 Å².